The summed E-state index contributed by atoms with van der Waals surface area (Å²) >= 11 is 0. The lowest BCUT2D eigenvalue weighted by atomic mass is 9.33. The van der Waals surface area contributed by atoms with Gasteiger partial charge >= 0.3 is 5.97 Å². The summed E-state index contributed by atoms with van der Waals surface area (Å²) in [6, 6.07) is 6.94. The van der Waals surface area contributed by atoms with Crippen LogP contribution in [0.25, 0.3) is 0 Å². The topological polar surface area (TPSA) is 63.6 Å². The number of fused-ring (bicyclic) bond motifs is 7. The Labute approximate surface area is 247 Å². The Morgan fingerprint density at radius 2 is 1.56 bits per heavy atom. The molecule has 0 radical (unpaired) electrons. The molecule has 5 aliphatic rings. The van der Waals surface area contributed by atoms with Crippen molar-refractivity contribution >= 4 is 12.3 Å². The molecule has 0 bridgehead atoms. The van der Waals surface area contributed by atoms with Crippen molar-refractivity contribution < 1.29 is 19.4 Å². The molecule has 0 aliphatic heterocycles. The predicted octanol–water partition coefficient (Wildman–Crippen LogP) is 8.57. The fourth-order valence-corrected chi connectivity index (χ4v) is 11.4. The van der Waals surface area contributed by atoms with Crippen molar-refractivity contribution in [2.45, 2.75) is 119 Å². The second-order valence-corrected chi connectivity index (χ2v) is 16.8. The Morgan fingerprint density at radius 3 is 2.24 bits per heavy atom. The van der Waals surface area contributed by atoms with E-state index in [9.17, 15) is 14.7 Å². The Bertz CT molecular complexity index is 1260. The summed E-state index contributed by atoms with van der Waals surface area (Å²) in [7, 11) is 0. The number of benzene rings is 1. The van der Waals surface area contributed by atoms with Gasteiger partial charge in [-0.1, -0.05) is 60.1 Å². The molecule has 6 rings (SSSR count). The summed E-state index contributed by atoms with van der Waals surface area (Å²) in [6.07, 6.45) is 13.5. The molecule has 0 amide bonds. The van der Waals surface area contributed by atoms with Crippen LogP contribution in [0.2, 0.25) is 0 Å². The first-order valence-corrected chi connectivity index (χ1v) is 16.3. The van der Waals surface area contributed by atoms with E-state index in [-0.39, 0.29) is 45.1 Å². The summed E-state index contributed by atoms with van der Waals surface area (Å²) in [5.74, 6) is 1.77. The van der Waals surface area contributed by atoms with Gasteiger partial charge in [0.25, 0.3) is 0 Å². The number of hydrogen-bond acceptors (Lipinski definition) is 4. The van der Waals surface area contributed by atoms with E-state index in [1.54, 1.807) is 29.8 Å². The van der Waals surface area contributed by atoms with Crippen molar-refractivity contribution in [1.82, 2.24) is 0 Å². The molecule has 1 unspecified atom stereocenters. The molecule has 5 aliphatic carbocycles. The molecule has 0 saturated heterocycles. The van der Waals surface area contributed by atoms with Crippen molar-refractivity contribution in [2.24, 2.45) is 50.2 Å². The molecule has 1 aromatic carbocycles. The van der Waals surface area contributed by atoms with Crippen LogP contribution in [-0.4, -0.2) is 23.5 Å². The average Bonchev–Trinajstić information content (AvgIpc) is 2.91. The number of aliphatic hydroxyl groups excluding tert-OH is 1. The van der Waals surface area contributed by atoms with Gasteiger partial charge in [0.2, 0.25) is 0 Å². The number of aliphatic hydroxyl groups is 1. The molecule has 224 valence electrons. The Balaban J connectivity index is 1.38. The highest BCUT2D eigenvalue weighted by atomic mass is 16.5. The molecule has 1 aromatic rings. The zero-order valence-corrected chi connectivity index (χ0v) is 26.5. The van der Waals surface area contributed by atoms with E-state index in [2.05, 4.69) is 54.5 Å². The Morgan fingerprint density at radius 1 is 0.878 bits per heavy atom. The van der Waals surface area contributed by atoms with Gasteiger partial charge in [-0.25, -0.2) is 0 Å². The third-order valence-corrected chi connectivity index (χ3v) is 14.2. The van der Waals surface area contributed by atoms with Crippen LogP contribution in [0, 0.1) is 50.2 Å². The van der Waals surface area contributed by atoms with E-state index < -0.39 is 5.41 Å². The monoisotopic (exact) mass is 560 g/mol. The minimum absolute atomic E-state index is 0.0532. The van der Waals surface area contributed by atoms with Crippen molar-refractivity contribution in [3.05, 3.63) is 41.5 Å². The highest BCUT2D eigenvalue weighted by molar-refractivity contribution is 5.81. The zero-order valence-electron chi connectivity index (χ0n) is 26.5. The van der Waals surface area contributed by atoms with Gasteiger partial charge in [0.05, 0.1) is 11.5 Å². The Kier molecular flexibility index (Phi) is 6.60. The van der Waals surface area contributed by atoms with E-state index in [1.807, 2.05) is 0 Å². The SMILES string of the molecule is CC1(C)CC[C@]2(C(=O)Oc3ccc(C=O)cc3)CC[C@]3(C)C(=CC[C@@H]4[C@@]5(C)CC[C@H](O)C(C)(C)[C@@H]5CC[C@]43C)C2C1. The summed E-state index contributed by atoms with van der Waals surface area (Å²) < 4.78 is 6.14. The maximum Gasteiger partial charge on any atom is 0.318 e. The van der Waals surface area contributed by atoms with Gasteiger partial charge in [-0.15, -0.1) is 0 Å². The van der Waals surface area contributed by atoms with Crippen LogP contribution < -0.4 is 4.74 Å². The van der Waals surface area contributed by atoms with Gasteiger partial charge in [0.15, 0.2) is 0 Å². The largest absolute Gasteiger partial charge is 0.426 e. The average molecular weight is 561 g/mol. The predicted molar refractivity (Wildman–Crippen MR) is 163 cm³/mol. The number of rotatable bonds is 3. The number of esters is 1. The third kappa shape index (κ3) is 4.01. The number of allylic oxidation sites excluding steroid dienone is 2. The van der Waals surface area contributed by atoms with Gasteiger partial charge in [0, 0.05) is 5.56 Å². The molecule has 1 N–H and O–H groups in total. The van der Waals surface area contributed by atoms with Gasteiger partial charge < -0.3 is 9.84 Å². The van der Waals surface area contributed by atoms with Gasteiger partial charge in [0.1, 0.15) is 12.0 Å². The van der Waals surface area contributed by atoms with Crippen LogP contribution in [0.5, 0.6) is 5.75 Å². The molecular weight excluding hydrogens is 508 g/mol. The zero-order chi connectivity index (χ0) is 29.6. The van der Waals surface area contributed by atoms with E-state index in [4.69, 9.17) is 4.74 Å². The van der Waals surface area contributed by atoms with Crippen molar-refractivity contribution in [1.29, 1.82) is 0 Å². The summed E-state index contributed by atoms with van der Waals surface area (Å²) in [6.45, 7) is 17.1. The standard InChI is InChI=1S/C37H52O4/c1-32(2)18-20-37(31(40)41-25-10-8-24(23-38)9-11-25)21-19-35(6)26(27(37)22-32)12-13-29-34(5)16-15-30(39)33(3,4)28(34)14-17-36(29,35)7/h8-12,23,27-30,39H,13-22H2,1-7H3/t27?,28-,29+,30-,34-,35+,36+,37-/m0/s1. The van der Waals surface area contributed by atoms with Crippen LogP contribution in [-0.2, 0) is 4.79 Å². The minimum atomic E-state index is -0.495. The van der Waals surface area contributed by atoms with E-state index in [0.717, 1.165) is 57.7 Å². The normalized spacial score (nSPS) is 44.2. The molecule has 0 spiro atoms. The maximum absolute atomic E-state index is 14.2. The third-order valence-electron chi connectivity index (χ3n) is 14.2. The molecule has 41 heavy (non-hydrogen) atoms. The van der Waals surface area contributed by atoms with Gasteiger partial charge in [-0.2, -0.15) is 0 Å². The fourth-order valence-electron chi connectivity index (χ4n) is 11.4. The van der Waals surface area contributed by atoms with Gasteiger partial charge in [-0.3, -0.25) is 9.59 Å². The van der Waals surface area contributed by atoms with Crippen LogP contribution in [0.15, 0.2) is 35.9 Å². The van der Waals surface area contributed by atoms with E-state index in [0.29, 0.717) is 23.1 Å². The van der Waals surface area contributed by atoms with Crippen molar-refractivity contribution in [3.63, 3.8) is 0 Å². The molecule has 0 aromatic heterocycles. The summed E-state index contributed by atoms with van der Waals surface area (Å²) in [4.78, 5) is 25.4. The molecule has 4 nitrogen and oxygen atoms in total. The highest BCUT2D eigenvalue weighted by Crippen LogP contribution is 2.75. The lowest BCUT2D eigenvalue weighted by Gasteiger charge is -2.71. The fraction of sp³-hybridized carbons (Fsp3) is 0.730. The molecular formula is C37H52O4. The number of hydrogen-bond donors (Lipinski definition) is 1. The number of ether oxygens (including phenoxy) is 1. The lowest BCUT2D eigenvalue weighted by molar-refractivity contribution is -0.205. The smallest absolute Gasteiger partial charge is 0.318 e. The second-order valence-electron chi connectivity index (χ2n) is 16.8. The first kappa shape index (κ1) is 29.1. The molecule has 4 saturated carbocycles. The Hall–Kier alpha value is -1.94. The molecule has 0 heterocycles. The summed E-state index contributed by atoms with van der Waals surface area (Å²) in [5, 5.41) is 11.0. The van der Waals surface area contributed by atoms with Crippen molar-refractivity contribution in [2.75, 3.05) is 0 Å². The maximum atomic E-state index is 14.2. The number of aldehydes is 1. The number of carbonyl (C=O) groups is 2. The quantitative estimate of drug-likeness (QED) is 0.174. The summed E-state index contributed by atoms with van der Waals surface area (Å²) in [5.41, 5.74) is 2.20. The van der Waals surface area contributed by atoms with Crippen LogP contribution in [0.1, 0.15) is 123 Å². The first-order chi connectivity index (χ1) is 19.1. The van der Waals surface area contributed by atoms with Crippen LogP contribution in [0.4, 0.5) is 0 Å². The van der Waals surface area contributed by atoms with Crippen LogP contribution in [0.3, 0.4) is 0 Å². The van der Waals surface area contributed by atoms with Crippen molar-refractivity contribution in [3.8, 4) is 5.75 Å². The first-order valence-electron chi connectivity index (χ1n) is 16.3. The molecule has 4 heteroatoms. The van der Waals surface area contributed by atoms with E-state index >= 15 is 0 Å². The van der Waals surface area contributed by atoms with E-state index in [1.165, 1.54) is 12.8 Å². The van der Waals surface area contributed by atoms with Crippen LogP contribution >= 0.6 is 0 Å². The second kappa shape index (κ2) is 9.28. The number of carbonyl (C=O) groups excluding carboxylic acids is 2. The lowest BCUT2D eigenvalue weighted by Crippen LogP contribution is -2.65. The molecule has 8 atom stereocenters. The highest BCUT2D eigenvalue weighted by Gasteiger charge is 2.69. The minimum Gasteiger partial charge on any atom is -0.426 e. The molecule has 4 fully saturated rings. The van der Waals surface area contributed by atoms with Gasteiger partial charge in [-0.05, 0) is 133 Å².